The number of piperazine rings is 1. The van der Waals surface area contributed by atoms with Gasteiger partial charge in [-0.2, -0.15) is 9.57 Å². The van der Waals surface area contributed by atoms with Crippen molar-refractivity contribution in [3.05, 3.63) is 95.6 Å². The van der Waals surface area contributed by atoms with Crippen LogP contribution < -0.4 is 5.32 Å². The highest BCUT2D eigenvalue weighted by molar-refractivity contribution is 7.89. The third-order valence-electron chi connectivity index (χ3n) is 5.80. The van der Waals surface area contributed by atoms with Gasteiger partial charge in [0, 0.05) is 44.0 Å². The van der Waals surface area contributed by atoms with E-state index in [4.69, 9.17) is 5.26 Å². The lowest BCUT2D eigenvalue weighted by Gasteiger charge is -2.34. The molecule has 1 aliphatic rings. The summed E-state index contributed by atoms with van der Waals surface area (Å²) in [6, 6.07) is 25.3. The van der Waals surface area contributed by atoms with Gasteiger partial charge in [-0.25, -0.2) is 8.42 Å². The molecule has 0 atom stereocenters. The summed E-state index contributed by atoms with van der Waals surface area (Å²) in [6.07, 6.45) is 0.336. The SMILES string of the molecule is N#CCc1ccc(NC(=O)c2cccc(CN3CCN(S(=O)(=O)c4ccccc4)CC3)c2)cc1. The van der Waals surface area contributed by atoms with Crippen molar-refractivity contribution in [2.45, 2.75) is 17.9 Å². The number of amides is 1. The fraction of sp³-hybridized carbons (Fsp3) is 0.231. The lowest BCUT2D eigenvalue weighted by molar-refractivity contribution is 0.102. The minimum Gasteiger partial charge on any atom is -0.322 e. The van der Waals surface area contributed by atoms with Crippen molar-refractivity contribution in [2.24, 2.45) is 0 Å². The van der Waals surface area contributed by atoms with Crippen LogP contribution in [0.2, 0.25) is 0 Å². The first kappa shape index (κ1) is 23.6. The number of hydrogen-bond donors (Lipinski definition) is 1. The first-order valence-corrected chi connectivity index (χ1v) is 12.5. The molecule has 3 aromatic rings. The van der Waals surface area contributed by atoms with E-state index in [2.05, 4.69) is 16.3 Å². The van der Waals surface area contributed by atoms with Crippen LogP contribution in [0.15, 0.2) is 83.8 Å². The Bertz CT molecular complexity index is 1280. The maximum atomic E-state index is 12.8. The van der Waals surface area contributed by atoms with Crippen LogP contribution in [-0.4, -0.2) is 49.7 Å². The standard InChI is InChI=1S/C26H26N4O3S/c27-14-13-21-9-11-24(12-10-21)28-26(31)23-6-4-5-22(19-23)20-29-15-17-30(18-16-29)34(32,33)25-7-2-1-3-8-25/h1-12,19H,13,15-18,20H2,(H,28,31). The molecular weight excluding hydrogens is 448 g/mol. The van der Waals surface area contributed by atoms with Crippen LogP contribution in [0.1, 0.15) is 21.5 Å². The zero-order valence-electron chi connectivity index (χ0n) is 18.7. The van der Waals surface area contributed by atoms with Crippen molar-refractivity contribution in [3.8, 4) is 6.07 Å². The quantitative estimate of drug-likeness (QED) is 0.566. The first-order valence-electron chi connectivity index (χ1n) is 11.1. The van der Waals surface area contributed by atoms with Gasteiger partial charge in [-0.05, 0) is 47.5 Å². The molecule has 1 amide bonds. The number of nitriles is 1. The van der Waals surface area contributed by atoms with Crippen molar-refractivity contribution < 1.29 is 13.2 Å². The Morgan fingerprint density at radius 2 is 1.59 bits per heavy atom. The van der Waals surface area contributed by atoms with Gasteiger partial charge in [0.25, 0.3) is 5.91 Å². The third-order valence-corrected chi connectivity index (χ3v) is 7.72. The van der Waals surface area contributed by atoms with Crippen molar-refractivity contribution in [2.75, 3.05) is 31.5 Å². The number of benzene rings is 3. The molecule has 8 heteroatoms. The predicted octanol–water partition coefficient (Wildman–Crippen LogP) is 3.51. The zero-order valence-corrected chi connectivity index (χ0v) is 19.5. The molecule has 174 valence electrons. The van der Waals surface area contributed by atoms with Crippen LogP contribution in [-0.2, 0) is 23.0 Å². The normalized spacial score (nSPS) is 14.9. The molecule has 4 rings (SSSR count). The molecule has 0 bridgehead atoms. The topological polar surface area (TPSA) is 93.5 Å². The molecular formula is C26H26N4O3S. The number of hydrogen-bond acceptors (Lipinski definition) is 5. The minimum absolute atomic E-state index is 0.200. The molecule has 1 fully saturated rings. The second-order valence-electron chi connectivity index (χ2n) is 8.18. The zero-order chi connectivity index (χ0) is 24.0. The number of nitrogens with one attached hydrogen (secondary N) is 1. The van der Waals surface area contributed by atoms with Gasteiger partial charge in [0.15, 0.2) is 0 Å². The Balaban J connectivity index is 1.34. The van der Waals surface area contributed by atoms with Crippen LogP contribution >= 0.6 is 0 Å². The second kappa shape index (κ2) is 10.6. The van der Waals surface area contributed by atoms with Gasteiger partial charge in [-0.3, -0.25) is 9.69 Å². The maximum absolute atomic E-state index is 12.8. The van der Waals surface area contributed by atoms with Gasteiger partial charge < -0.3 is 5.32 Å². The van der Waals surface area contributed by atoms with Crippen LogP contribution in [0.5, 0.6) is 0 Å². The van der Waals surface area contributed by atoms with Crippen molar-refractivity contribution in [1.82, 2.24) is 9.21 Å². The molecule has 1 aliphatic heterocycles. The summed E-state index contributed by atoms with van der Waals surface area (Å²) in [5, 5.41) is 11.7. The molecule has 1 N–H and O–H groups in total. The van der Waals surface area contributed by atoms with Crippen LogP contribution in [0.4, 0.5) is 5.69 Å². The Morgan fingerprint density at radius 1 is 0.882 bits per heavy atom. The van der Waals surface area contributed by atoms with Crippen molar-refractivity contribution in [3.63, 3.8) is 0 Å². The van der Waals surface area contributed by atoms with E-state index < -0.39 is 10.0 Å². The van der Waals surface area contributed by atoms with Crippen LogP contribution in [0.25, 0.3) is 0 Å². The van der Waals surface area contributed by atoms with E-state index in [-0.39, 0.29) is 5.91 Å². The molecule has 0 spiro atoms. The fourth-order valence-electron chi connectivity index (χ4n) is 3.94. The Hall–Kier alpha value is -3.51. The highest BCUT2D eigenvalue weighted by Crippen LogP contribution is 2.19. The predicted molar refractivity (Wildman–Crippen MR) is 131 cm³/mol. The number of rotatable bonds is 7. The molecule has 0 unspecified atom stereocenters. The Labute approximate surface area is 200 Å². The number of sulfonamides is 1. The highest BCUT2D eigenvalue weighted by Gasteiger charge is 2.28. The van der Waals surface area contributed by atoms with Gasteiger partial charge >= 0.3 is 0 Å². The second-order valence-corrected chi connectivity index (χ2v) is 10.1. The summed E-state index contributed by atoms with van der Waals surface area (Å²) >= 11 is 0. The summed E-state index contributed by atoms with van der Waals surface area (Å²) in [7, 11) is -3.47. The van der Waals surface area contributed by atoms with E-state index >= 15 is 0 Å². The number of carbonyl (C=O) groups excluding carboxylic acids is 1. The summed E-state index contributed by atoms with van der Waals surface area (Å²) in [5.41, 5.74) is 3.13. The number of nitrogens with zero attached hydrogens (tertiary/aromatic N) is 3. The average molecular weight is 475 g/mol. The largest absolute Gasteiger partial charge is 0.322 e. The molecule has 1 saturated heterocycles. The summed E-state index contributed by atoms with van der Waals surface area (Å²) in [6.45, 7) is 2.75. The van der Waals surface area contributed by atoms with E-state index in [1.54, 1.807) is 48.5 Å². The monoisotopic (exact) mass is 474 g/mol. The Morgan fingerprint density at radius 3 is 2.26 bits per heavy atom. The lowest BCUT2D eigenvalue weighted by atomic mass is 10.1. The van der Waals surface area contributed by atoms with Gasteiger partial charge in [0.05, 0.1) is 17.4 Å². The van der Waals surface area contributed by atoms with Crippen LogP contribution in [0, 0.1) is 11.3 Å². The van der Waals surface area contributed by atoms with E-state index in [1.165, 1.54) is 4.31 Å². The van der Waals surface area contributed by atoms with Gasteiger partial charge in [0.1, 0.15) is 0 Å². The third kappa shape index (κ3) is 5.69. The van der Waals surface area contributed by atoms with Crippen molar-refractivity contribution in [1.29, 1.82) is 5.26 Å². The number of anilines is 1. The van der Waals surface area contributed by atoms with E-state index in [1.807, 2.05) is 30.3 Å². The van der Waals surface area contributed by atoms with Gasteiger partial charge in [-0.15, -0.1) is 0 Å². The molecule has 0 aromatic heterocycles. The number of carbonyl (C=O) groups is 1. The maximum Gasteiger partial charge on any atom is 0.255 e. The smallest absolute Gasteiger partial charge is 0.255 e. The summed E-state index contributed by atoms with van der Waals surface area (Å²) < 4.78 is 27.2. The molecule has 34 heavy (non-hydrogen) atoms. The summed E-state index contributed by atoms with van der Waals surface area (Å²) in [5.74, 6) is -0.200. The van der Waals surface area contributed by atoms with E-state index in [0.717, 1.165) is 11.1 Å². The molecule has 7 nitrogen and oxygen atoms in total. The molecule has 1 heterocycles. The van der Waals surface area contributed by atoms with Crippen molar-refractivity contribution >= 4 is 21.6 Å². The summed E-state index contributed by atoms with van der Waals surface area (Å²) in [4.78, 5) is 15.2. The van der Waals surface area contributed by atoms with Gasteiger partial charge in [0.2, 0.25) is 10.0 Å². The van der Waals surface area contributed by atoms with E-state index in [0.29, 0.717) is 55.3 Å². The first-order chi connectivity index (χ1) is 16.5. The highest BCUT2D eigenvalue weighted by atomic mass is 32.2. The lowest BCUT2D eigenvalue weighted by Crippen LogP contribution is -2.48. The molecule has 0 aliphatic carbocycles. The Kier molecular flexibility index (Phi) is 7.38. The molecule has 0 saturated carbocycles. The molecule has 3 aromatic carbocycles. The molecule has 0 radical (unpaired) electrons. The minimum atomic E-state index is -3.47. The van der Waals surface area contributed by atoms with Crippen LogP contribution in [0.3, 0.4) is 0 Å². The average Bonchev–Trinajstić information content (AvgIpc) is 2.86. The fourth-order valence-corrected chi connectivity index (χ4v) is 5.38. The van der Waals surface area contributed by atoms with E-state index in [9.17, 15) is 13.2 Å². The van der Waals surface area contributed by atoms with Gasteiger partial charge in [-0.1, -0.05) is 42.5 Å².